The Kier molecular flexibility index (Phi) is 2.51. The number of aryl methyl sites for hydroxylation is 1. The lowest BCUT2D eigenvalue weighted by atomic mass is 9.65. The summed E-state index contributed by atoms with van der Waals surface area (Å²) in [7, 11) is 0. The summed E-state index contributed by atoms with van der Waals surface area (Å²) < 4.78 is 0. The summed E-state index contributed by atoms with van der Waals surface area (Å²) >= 11 is 0. The van der Waals surface area contributed by atoms with Crippen LogP contribution in [0.3, 0.4) is 0 Å². The lowest BCUT2D eigenvalue weighted by Crippen LogP contribution is -2.27. The predicted molar refractivity (Wildman–Crippen MR) is 80.6 cm³/mol. The molecule has 1 saturated carbocycles. The average molecular weight is 253 g/mol. The van der Waals surface area contributed by atoms with Crippen LogP contribution in [0.1, 0.15) is 62.6 Å². The van der Waals surface area contributed by atoms with Gasteiger partial charge in [0.05, 0.1) is 0 Å². The molecule has 1 fully saturated rings. The number of hydrogen-bond acceptors (Lipinski definition) is 0. The minimum Gasteiger partial charge on any atom is -0.358 e. The SMILES string of the molecule is CC1(C2CCc3[nH]c4ccccc4c32)CCCCC1. The van der Waals surface area contributed by atoms with Gasteiger partial charge in [-0.15, -0.1) is 0 Å². The van der Waals surface area contributed by atoms with Crippen molar-refractivity contribution in [1.29, 1.82) is 0 Å². The maximum atomic E-state index is 3.66. The molecule has 1 unspecified atom stereocenters. The molecule has 19 heavy (non-hydrogen) atoms. The van der Waals surface area contributed by atoms with Crippen LogP contribution in [-0.2, 0) is 6.42 Å². The zero-order chi connectivity index (χ0) is 12.9. The fraction of sp³-hybridized carbons (Fsp3) is 0.556. The van der Waals surface area contributed by atoms with Crippen molar-refractivity contribution in [3.63, 3.8) is 0 Å². The fourth-order valence-corrected chi connectivity index (χ4v) is 4.65. The first-order valence-corrected chi connectivity index (χ1v) is 7.87. The molecule has 2 aliphatic carbocycles. The Morgan fingerprint density at radius 3 is 2.74 bits per heavy atom. The first-order valence-electron chi connectivity index (χ1n) is 7.87. The summed E-state index contributed by atoms with van der Waals surface area (Å²) in [5.41, 5.74) is 5.09. The van der Waals surface area contributed by atoms with E-state index in [1.807, 2.05) is 0 Å². The second-order valence-corrected chi connectivity index (χ2v) is 6.87. The van der Waals surface area contributed by atoms with Crippen molar-refractivity contribution < 1.29 is 0 Å². The van der Waals surface area contributed by atoms with E-state index in [2.05, 4.69) is 36.2 Å². The van der Waals surface area contributed by atoms with Gasteiger partial charge in [-0.1, -0.05) is 44.4 Å². The molecule has 1 heterocycles. The lowest BCUT2D eigenvalue weighted by Gasteiger charge is -2.39. The third kappa shape index (κ3) is 1.67. The highest BCUT2D eigenvalue weighted by molar-refractivity contribution is 5.86. The average Bonchev–Trinajstić information content (AvgIpc) is 2.98. The molecule has 0 bridgehead atoms. The molecule has 1 N–H and O–H groups in total. The Bertz CT molecular complexity index is 601. The third-order valence-corrected chi connectivity index (χ3v) is 5.70. The molecule has 1 aromatic heterocycles. The standard InChI is InChI=1S/C18H23N/c1-18(11-5-2-6-12-18)14-9-10-16-17(14)13-7-3-4-8-15(13)19-16/h3-4,7-8,14,19H,2,5-6,9-12H2,1H3. The summed E-state index contributed by atoms with van der Waals surface area (Å²) in [6.07, 6.45) is 9.79. The Hall–Kier alpha value is -1.24. The number of hydrogen-bond donors (Lipinski definition) is 1. The third-order valence-electron chi connectivity index (χ3n) is 5.70. The predicted octanol–water partition coefficient (Wildman–Crippen LogP) is 5.17. The molecule has 4 rings (SSSR count). The van der Waals surface area contributed by atoms with Gasteiger partial charge in [0.25, 0.3) is 0 Å². The van der Waals surface area contributed by atoms with E-state index in [1.165, 1.54) is 61.5 Å². The minimum atomic E-state index is 0.550. The van der Waals surface area contributed by atoms with Crippen molar-refractivity contribution in [3.05, 3.63) is 35.5 Å². The molecule has 0 spiro atoms. The second kappa shape index (κ2) is 4.13. The maximum absolute atomic E-state index is 3.66. The van der Waals surface area contributed by atoms with Crippen LogP contribution in [0.25, 0.3) is 10.9 Å². The monoisotopic (exact) mass is 253 g/mol. The van der Waals surface area contributed by atoms with Crippen molar-refractivity contribution in [2.24, 2.45) is 5.41 Å². The van der Waals surface area contributed by atoms with E-state index in [0.717, 1.165) is 5.92 Å². The van der Waals surface area contributed by atoms with Crippen LogP contribution in [0.4, 0.5) is 0 Å². The van der Waals surface area contributed by atoms with Crippen molar-refractivity contribution in [2.75, 3.05) is 0 Å². The Morgan fingerprint density at radius 2 is 1.89 bits per heavy atom. The van der Waals surface area contributed by atoms with Gasteiger partial charge in [0.15, 0.2) is 0 Å². The van der Waals surface area contributed by atoms with Crippen LogP contribution in [0, 0.1) is 5.41 Å². The van der Waals surface area contributed by atoms with E-state index in [4.69, 9.17) is 0 Å². The summed E-state index contributed by atoms with van der Waals surface area (Å²) in [4.78, 5) is 3.66. The fourth-order valence-electron chi connectivity index (χ4n) is 4.65. The molecule has 0 saturated heterocycles. The van der Waals surface area contributed by atoms with Gasteiger partial charge in [-0.2, -0.15) is 0 Å². The smallest absolute Gasteiger partial charge is 0.0459 e. The summed E-state index contributed by atoms with van der Waals surface area (Å²) in [6, 6.07) is 8.88. The van der Waals surface area contributed by atoms with Gasteiger partial charge in [0, 0.05) is 16.6 Å². The van der Waals surface area contributed by atoms with Crippen LogP contribution in [0.2, 0.25) is 0 Å². The maximum Gasteiger partial charge on any atom is 0.0459 e. The Labute approximate surface area is 115 Å². The molecule has 1 nitrogen and oxygen atoms in total. The highest BCUT2D eigenvalue weighted by Gasteiger charge is 2.41. The highest BCUT2D eigenvalue weighted by atomic mass is 14.7. The van der Waals surface area contributed by atoms with Crippen LogP contribution in [0.15, 0.2) is 24.3 Å². The van der Waals surface area contributed by atoms with Gasteiger partial charge in [-0.05, 0) is 48.6 Å². The van der Waals surface area contributed by atoms with E-state index in [9.17, 15) is 0 Å². The number of aromatic nitrogens is 1. The summed E-state index contributed by atoms with van der Waals surface area (Å²) in [5.74, 6) is 0.791. The molecule has 1 aromatic carbocycles. The quantitative estimate of drug-likeness (QED) is 0.721. The van der Waals surface area contributed by atoms with Crippen LogP contribution in [-0.4, -0.2) is 4.98 Å². The first kappa shape index (κ1) is 11.6. The minimum absolute atomic E-state index is 0.550. The van der Waals surface area contributed by atoms with Gasteiger partial charge in [0.1, 0.15) is 0 Å². The lowest BCUT2D eigenvalue weighted by molar-refractivity contribution is 0.168. The normalized spacial score (nSPS) is 25.6. The van der Waals surface area contributed by atoms with Gasteiger partial charge in [-0.3, -0.25) is 0 Å². The van der Waals surface area contributed by atoms with Crippen molar-refractivity contribution in [3.8, 4) is 0 Å². The van der Waals surface area contributed by atoms with Crippen LogP contribution in [0.5, 0.6) is 0 Å². The summed E-state index contributed by atoms with van der Waals surface area (Å²) in [6.45, 7) is 2.55. The number of rotatable bonds is 1. The van der Waals surface area contributed by atoms with E-state index in [1.54, 1.807) is 5.56 Å². The van der Waals surface area contributed by atoms with Gasteiger partial charge in [0.2, 0.25) is 0 Å². The molecule has 0 amide bonds. The molecule has 0 radical (unpaired) electrons. The van der Waals surface area contributed by atoms with E-state index in [0.29, 0.717) is 5.41 Å². The number of H-pyrrole nitrogens is 1. The zero-order valence-corrected chi connectivity index (χ0v) is 11.8. The summed E-state index contributed by atoms with van der Waals surface area (Å²) in [5, 5.41) is 1.49. The second-order valence-electron chi connectivity index (χ2n) is 6.87. The molecule has 2 aromatic rings. The van der Waals surface area contributed by atoms with Crippen molar-refractivity contribution in [1.82, 2.24) is 4.98 Å². The topological polar surface area (TPSA) is 15.8 Å². The van der Waals surface area contributed by atoms with Crippen molar-refractivity contribution in [2.45, 2.75) is 57.8 Å². The number of aromatic amines is 1. The number of para-hydroxylation sites is 1. The van der Waals surface area contributed by atoms with E-state index in [-0.39, 0.29) is 0 Å². The molecule has 1 heteroatoms. The Balaban J connectivity index is 1.82. The zero-order valence-electron chi connectivity index (χ0n) is 11.8. The van der Waals surface area contributed by atoms with Gasteiger partial charge >= 0.3 is 0 Å². The largest absolute Gasteiger partial charge is 0.358 e. The molecule has 1 atom stereocenters. The van der Waals surface area contributed by atoms with E-state index >= 15 is 0 Å². The number of nitrogens with one attached hydrogen (secondary N) is 1. The Morgan fingerprint density at radius 1 is 1.11 bits per heavy atom. The van der Waals surface area contributed by atoms with Crippen LogP contribution >= 0.6 is 0 Å². The molecular weight excluding hydrogens is 230 g/mol. The number of benzene rings is 1. The molecular formula is C18H23N. The highest BCUT2D eigenvalue weighted by Crippen LogP contribution is 2.54. The van der Waals surface area contributed by atoms with Crippen LogP contribution < -0.4 is 0 Å². The molecule has 0 aliphatic heterocycles. The molecule has 2 aliphatic rings. The van der Waals surface area contributed by atoms with Gasteiger partial charge in [-0.25, -0.2) is 0 Å². The van der Waals surface area contributed by atoms with Crippen molar-refractivity contribution >= 4 is 10.9 Å². The van der Waals surface area contributed by atoms with Gasteiger partial charge < -0.3 is 4.98 Å². The number of fused-ring (bicyclic) bond motifs is 3. The molecule has 100 valence electrons. The van der Waals surface area contributed by atoms with E-state index < -0.39 is 0 Å². The first-order chi connectivity index (χ1) is 9.28.